The number of piperazine rings is 1. The fraction of sp³-hybridized carbons (Fsp3) is 0.375. The van der Waals surface area contributed by atoms with Gasteiger partial charge in [-0.2, -0.15) is 4.79 Å². The number of methoxy groups -OCH3 is 1. The van der Waals surface area contributed by atoms with E-state index in [0.29, 0.717) is 18.4 Å². The molecule has 1 aromatic carbocycles. The third kappa shape index (κ3) is 2.58. The van der Waals surface area contributed by atoms with Crippen molar-refractivity contribution in [1.82, 2.24) is 10.1 Å². The predicted octanol–water partition coefficient (Wildman–Crippen LogP) is 1.24. The Kier molecular flexibility index (Phi) is 4.15. The van der Waals surface area contributed by atoms with E-state index in [0.717, 1.165) is 13.1 Å². The number of fused-ring (bicyclic) bond motifs is 1. The van der Waals surface area contributed by atoms with Gasteiger partial charge in [-0.15, -0.1) is 0 Å². The molecule has 1 aliphatic heterocycles. The van der Waals surface area contributed by atoms with Crippen LogP contribution in [0.25, 0.3) is 10.9 Å². The highest BCUT2D eigenvalue weighted by Gasteiger charge is 2.24. The average Bonchev–Trinajstić information content (AvgIpc) is 2.56. The Balaban J connectivity index is 2.24. The molecule has 2 heterocycles. The van der Waals surface area contributed by atoms with Gasteiger partial charge in [0.05, 0.1) is 24.4 Å². The normalized spacial score (nSPS) is 18.0. The van der Waals surface area contributed by atoms with Gasteiger partial charge in [0.1, 0.15) is 11.1 Å². The minimum Gasteiger partial charge on any atom is -0.492 e. The number of carbonyl (C=O) groups is 1. The fourth-order valence-electron chi connectivity index (χ4n) is 3.09. The van der Waals surface area contributed by atoms with Gasteiger partial charge < -0.3 is 20.1 Å². The van der Waals surface area contributed by atoms with Crippen molar-refractivity contribution in [1.29, 1.82) is 0 Å². The standard InChI is InChI=1S/C16H18FN3O4/c1-9-7-19(6-5-18-9)12-4-3-10-13(15(12)24-2)20(17)8-11(14(10)21)16(22)23/h3-4,8-9,18H,5-7H2,1-2H3,(H,22,23). The molecule has 7 nitrogen and oxygen atoms in total. The third-order valence-corrected chi connectivity index (χ3v) is 4.20. The van der Waals surface area contributed by atoms with E-state index < -0.39 is 17.0 Å². The molecule has 0 aliphatic carbocycles. The summed E-state index contributed by atoms with van der Waals surface area (Å²) < 4.78 is 19.8. The van der Waals surface area contributed by atoms with Gasteiger partial charge >= 0.3 is 5.97 Å². The van der Waals surface area contributed by atoms with Crippen LogP contribution in [0.4, 0.5) is 10.2 Å². The molecule has 1 aromatic heterocycles. The number of aromatic nitrogens is 1. The molecule has 1 atom stereocenters. The number of aromatic carboxylic acids is 1. The van der Waals surface area contributed by atoms with Crippen LogP contribution in [0.15, 0.2) is 23.1 Å². The number of benzene rings is 1. The summed E-state index contributed by atoms with van der Waals surface area (Å²) in [6, 6.07) is 3.39. The maximum absolute atomic E-state index is 14.5. The Labute approximate surface area is 137 Å². The highest BCUT2D eigenvalue weighted by Crippen LogP contribution is 2.35. The van der Waals surface area contributed by atoms with Crippen LogP contribution in [0.1, 0.15) is 17.3 Å². The summed E-state index contributed by atoms with van der Waals surface area (Å²) >= 11 is 0. The number of nitrogens with one attached hydrogen (secondary N) is 1. The third-order valence-electron chi connectivity index (χ3n) is 4.20. The Morgan fingerprint density at radius 1 is 1.46 bits per heavy atom. The van der Waals surface area contributed by atoms with Gasteiger partial charge in [-0.1, -0.05) is 4.48 Å². The van der Waals surface area contributed by atoms with Crippen LogP contribution in [0, 0.1) is 0 Å². The van der Waals surface area contributed by atoms with E-state index in [1.54, 1.807) is 6.07 Å². The largest absolute Gasteiger partial charge is 0.492 e. The molecule has 1 saturated heterocycles. The Hall–Kier alpha value is -2.61. The molecule has 0 radical (unpaired) electrons. The summed E-state index contributed by atoms with van der Waals surface area (Å²) in [4.78, 5) is 25.6. The molecule has 0 saturated carbocycles. The van der Waals surface area contributed by atoms with E-state index >= 15 is 0 Å². The van der Waals surface area contributed by atoms with Gasteiger partial charge in [-0.3, -0.25) is 4.79 Å². The smallest absolute Gasteiger partial charge is 0.341 e. The van der Waals surface area contributed by atoms with E-state index in [-0.39, 0.29) is 27.5 Å². The number of carboxylic acids is 1. The van der Waals surface area contributed by atoms with Crippen molar-refractivity contribution in [3.05, 3.63) is 34.1 Å². The van der Waals surface area contributed by atoms with E-state index in [1.807, 2.05) is 6.92 Å². The zero-order chi connectivity index (χ0) is 17.4. The zero-order valence-corrected chi connectivity index (χ0v) is 13.4. The first-order valence-electron chi connectivity index (χ1n) is 7.58. The van der Waals surface area contributed by atoms with E-state index in [9.17, 15) is 14.1 Å². The molecule has 0 amide bonds. The van der Waals surface area contributed by atoms with Crippen LogP contribution in [0.2, 0.25) is 0 Å². The van der Waals surface area contributed by atoms with Gasteiger partial charge in [0, 0.05) is 25.7 Å². The number of halogens is 1. The molecule has 0 spiro atoms. The Bertz CT molecular complexity index is 865. The highest BCUT2D eigenvalue weighted by molar-refractivity contribution is 5.96. The fourth-order valence-corrected chi connectivity index (χ4v) is 3.09. The maximum atomic E-state index is 14.5. The molecule has 128 valence electrons. The van der Waals surface area contributed by atoms with E-state index in [1.165, 1.54) is 13.2 Å². The average molecular weight is 335 g/mol. The zero-order valence-electron chi connectivity index (χ0n) is 13.4. The van der Waals surface area contributed by atoms with Crippen LogP contribution in [0.5, 0.6) is 5.75 Å². The lowest BCUT2D eigenvalue weighted by Crippen LogP contribution is -2.49. The summed E-state index contributed by atoms with van der Waals surface area (Å²) in [7, 11) is 1.40. The lowest BCUT2D eigenvalue weighted by atomic mass is 10.1. The predicted molar refractivity (Wildman–Crippen MR) is 87.9 cm³/mol. The second kappa shape index (κ2) is 6.12. The van der Waals surface area contributed by atoms with Crippen molar-refractivity contribution in [3.63, 3.8) is 0 Å². The van der Waals surface area contributed by atoms with Gasteiger partial charge in [0.15, 0.2) is 5.75 Å². The Morgan fingerprint density at radius 2 is 2.21 bits per heavy atom. The molecule has 0 bridgehead atoms. The van der Waals surface area contributed by atoms with Gasteiger partial charge in [0.2, 0.25) is 5.43 Å². The van der Waals surface area contributed by atoms with Crippen molar-refractivity contribution in [3.8, 4) is 5.75 Å². The Morgan fingerprint density at radius 3 is 2.83 bits per heavy atom. The second-order valence-electron chi connectivity index (χ2n) is 5.80. The summed E-state index contributed by atoms with van der Waals surface area (Å²) in [6.07, 6.45) is 0.680. The topological polar surface area (TPSA) is 83.8 Å². The molecule has 1 aliphatic rings. The first-order valence-corrected chi connectivity index (χ1v) is 7.58. The molecule has 2 aromatic rings. The molecular weight excluding hydrogens is 317 g/mol. The van der Waals surface area contributed by atoms with Crippen molar-refractivity contribution in [2.24, 2.45) is 0 Å². The monoisotopic (exact) mass is 335 g/mol. The van der Waals surface area contributed by atoms with Crippen molar-refractivity contribution >= 4 is 22.6 Å². The quantitative estimate of drug-likeness (QED) is 0.878. The number of ether oxygens (including phenoxy) is 1. The van der Waals surface area contributed by atoms with Crippen LogP contribution in [-0.4, -0.2) is 48.7 Å². The second-order valence-corrected chi connectivity index (χ2v) is 5.80. The molecule has 1 fully saturated rings. The number of hydrogen-bond acceptors (Lipinski definition) is 5. The number of hydrogen-bond donors (Lipinski definition) is 2. The number of pyridine rings is 1. The number of anilines is 1. The molecule has 3 rings (SSSR count). The summed E-state index contributed by atoms with van der Waals surface area (Å²) in [5.41, 5.74) is -0.732. The minimum atomic E-state index is -1.47. The van der Waals surface area contributed by atoms with E-state index in [4.69, 9.17) is 9.84 Å². The minimum absolute atomic E-state index is 0.0267. The maximum Gasteiger partial charge on any atom is 0.341 e. The summed E-state index contributed by atoms with van der Waals surface area (Å²) in [5.74, 6) is -1.24. The first-order chi connectivity index (χ1) is 11.4. The van der Waals surface area contributed by atoms with Gasteiger partial charge in [-0.25, -0.2) is 4.79 Å². The first kappa shape index (κ1) is 16.3. The van der Waals surface area contributed by atoms with Crippen LogP contribution in [0.3, 0.4) is 0 Å². The van der Waals surface area contributed by atoms with Crippen molar-refractivity contribution in [2.45, 2.75) is 13.0 Å². The molecular formula is C16H18FN3O4. The van der Waals surface area contributed by atoms with Gasteiger partial charge in [0.25, 0.3) is 0 Å². The van der Waals surface area contributed by atoms with Gasteiger partial charge in [-0.05, 0) is 19.1 Å². The SMILES string of the molecule is COc1c(N2CCNC(C)C2)ccc2c(=O)c(C(=O)O)cn(F)c12. The highest BCUT2D eigenvalue weighted by atomic mass is 19.2. The molecule has 1 unspecified atom stereocenters. The lowest BCUT2D eigenvalue weighted by Gasteiger charge is -2.34. The molecule has 24 heavy (non-hydrogen) atoms. The van der Waals surface area contributed by atoms with Crippen LogP contribution >= 0.6 is 0 Å². The van der Waals surface area contributed by atoms with E-state index in [2.05, 4.69) is 10.2 Å². The van der Waals surface area contributed by atoms with Crippen LogP contribution in [-0.2, 0) is 0 Å². The lowest BCUT2D eigenvalue weighted by molar-refractivity contribution is 0.0693. The number of nitrogens with zero attached hydrogens (tertiary/aromatic N) is 2. The van der Waals surface area contributed by atoms with Crippen molar-refractivity contribution < 1.29 is 19.1 Å². The number of rotatable bonds is 3. The summed E-state index contributed by atoms with van der Waals surface area (Å²) in [6.45, 7) is 4.26. The molecule has 8 heteroatoms. The van der Waals surface area contributed by atoms with Crippen LogP contribution < -0.4 is 20.4 Å². The summed E-state index contributed by atoms with van der Waals surface area (Å²) in [5, 5.41) is 12.3. The van der Waals surface area contributed by atoms with Crippen molar-refractivity contribution in [2.75, 3.05) is 31.6 Å². The molecule has 2 N–H and O–H groups in total. The number of carboxylic acid groups (broad SMARTS) is 1.